The van der Waals surface area contributed by atoms with Crippen molar-refractivity contribution in [2.45, 2.75) is 0 Å². The molecule has 1 rings (SSSR count). The summed E-state index contributed by atoms with van der Waals surface area (Å²) in [6.45, 7) is 0. The molecule has 0 N–H and O–H groups in total. The highest BCUT2D eigenvalue weighted by Crippen LogP contribution is 2.21. The van der Waals surface area contributed by atoms with E-state index in [4.69, 9.17) is 0 Å². The van der Waals surface area contributed by atoms with Gasteiger partial charge in [0, 0.05) is 5.38 Å². The largest absolute Gasteiger partial charge is 0.240 e. The lowest BCUT2D eigenvalue weighted by molar-refractivity contribution is 1.56. The van der Waals surface area contributed by atoms with Crippen LogP contribution in [0.1, 0.15) is 0 Å². The molecule has 0 amide bonds. The molecule has 0 aliphatic heterocycles. The van der Waals surface area contributed by atoms with E-state index in [0.29, 0.717) is 0 Å². The molecule has 0 spiro atoms. The van der Waals surface area contributed by atoms with Gasteiger partial charge in [0.15, 0.2) is 0 Å². The van der Waals surface area contributed by atoms with Crippen molar-refractivity contribution in [3.8, 4) is 0 Å². The number of rotatable bonds is 1. The first kappa shape index (κ1) is 6.51. The summed E-state index contributed by atoms with van der Waals surface area (Å²) in [5.41, 5.74) is 1.01. The predicted octanol–water partition coefficient (Wildman–Crippen LogP) is 2.57. The summed E-state index contributed by atoms with van der Waals surface area (Å²) < 4.78 is 5.54. The van der Waals surface area contributed by atoms with Gasteiger partial charge in [0.05, 0.1) is 44.2 Å². The molecule has 0 bridgehead atoms. The van der Waals surface area contributed by atoms with Gasteiger partial charge in [-0.2, -0.15) is 4.37 Å². The molecule has 8 heavy (non-hydrogen) atoms. The fourth-order valence-electron chi connectivity index (χ4n) is 0.283. The van der Waals surface area contributed by atoms with E-state index in [1.807, 2.05) is 5.38 Å². The Kier molecular flexibility index (Phi) is 2.27. The van der Waals surface area contributed by atoms with E-state index in [1.165, 1.54) is 11.5 Å². The first-order chi connectivity index (χ1) is 3.80. The zero-order chi connectivity index (χ0) is 5.98. The van der Waals surface area contributed by atoms with Gasteiger partial charge in [-0.05, 0) is 11.5 Å². The lowest BCUT2D eigenvalue weighted by Crippen LogP contribution is -1.84. The predicted molar refractivity (Wildman–Crippen MR) is 42.4 cm³/mol. The van der Waals surface area contributed by atoms with Crippen LogP contribution < -0.4 is 2.95 Å². The van der Waals surface area contributed by atoms with Crippen molar-refractivity contribution in [3.05, 3.63) is 11.6 Å². The Bertz CT molecular complexity index is 150. The number of aromatic nitrogens is 1. The summed E-state index contributed by atoms with van der Waals surface area (Å²) in [6.07, 6.45) is 1.76. The minimum absolute atomic E-state index is 1.01. The van der Waals surface area contributed by atoms with Crippen molar-refractivity contribution in [2.75, 3.05) is 2.95 Å². The van der Waals surface area contributed by atoms with E-state index in [0.717, 1.165) is 5.69 Å². The van der Waals surface area contributed by atoms with Crippen LogP contribution in [0.15, 0.2) is 11.6 Å². The Morgan fingerprint density at radius 1 is 1.62 bits per heavy atom. The smallest absolute Gasteiger partial charge is 0.0902 e. The maximum Gasteiger partial charge on any atom is 0.0902 e. The lowest BCUT2D eigenvalue weighted by atomic mass is 10.6. The maximum atomic E-state index is 3.88. The Balaban J connectivity index is 2.77. The standard InChI is InChI=1S/C3H2Br2N2S/c4-7(5)3-1-6-8-2-3/h1-2H. The van der Waals surface area contributed by atoms with Crippen LogP contribution in [0.25, 0.3) is 0 Å². The molecule has 0 unspecified atom stereocenters. The van der Waals surface area contributed by atoms with Gasteiger partial charge >= 0.3 is 0 Å². The number of hydrogen-bond acceptors (Lipinski definition) is 3. The van der Waals surface area contributed by atoms with Crippen molar-refractivity contribution in [1.29, 1.82) is 0 Å². The van der Waals surface area contributed by atoms with Crippen LogP contribution in [0.5, 0.6) is 0 Å². The summed E-state index contributed by atoms with van der Waals surface area (Å²) in [5, 5.41) is 1.92. The normalized spacial score (nSPS) is 9.25. The summed E-state index contributed by atoms with van der Waals surface area (Å²) in [5.74, 6) is 0. The molecule has 0 aliphatic carbocycles. The summed E-state index contributed by atoms with van der Waals surface area (Å²) in [4.78, 5) is 0. The monoisotopic (exact) mass is 256 g/mol. The minimum Gasteiger partial charge on any atom is -0.240 e. The molecular weight excluding hydrogens is 256 g/mol. The van der Waals surface area contributed by atoms with Crippen LogP contribution in [-0.2, 0) is 0 Å². The van der Waals surface area contributed by atoms with Crippen molar-refractivity contribution >= 4 is 49.5 Å². The zero-order valence-corrected chi connectivity index (χ0v) is 7.70. The molecule has 0 saturated heterocycles. The molecule has 0 aliphatic rings. The first-order valence-corrected chi connectivity index (χ1v) is 4.07. The van der Waals surface area contributed by atoms with Gasteiger partial charge in [0.1, 0.15) is 0 Å². The average molecular weight is 258 g/mol. The fourth-order valence-corrected chi connectivity index (χ4v) is 1.45. The van der Waals surface area contributed by atoms with Crippen LogP contribution in [0.2, 0.25) is 0 Å². The number of nitrogens with zero attached hydrogens (tertiary/aromatic N) is 2. The van der Waals surface area contributed by atoms with E-state index in [1.54, 1.807) is 9.15 Å². The van der Waals surface area contributed by atoms with E-state index >= 15 is 0 Å². The zero-order valence-electron chi connectivity index (χ0n) is 3.71. The molecule has 0 saturated carbocycles. The van der Waals surface area contributed by atoms with Crippen LogP contribution in [0, 0.1) is 0 Å². The molecule has 0 atom stereocenters. The highest BCUT2D eigenvalue weighted by Gasteiger charge is 1.95. The second kappa shape index (κ2) is 2.80. The van der Waals surface area contributed by atoms with Gasteiger partial charge in [-0.1, -0.05) is 0 Å². The second-order valence-electron chi connectivity index (χ2n) is 1.12. The Morgan fingerprint density at radius 3 is 2.62 bits per heavy atom. The third-order valence-electron chi connectivity index (χ3n) is 0.614. The second-order valence-corrected chi connectivity index (χ2v) is 4.14. The van der Waals surface area contributed by atoms with E-state index in [-0.39, 0.29) is 0 Å². The van der Waals surface area contributed by atoms with Gasteiger partial charge < -0.3 is 0 Å². The Labute approximate surface area is 68.3 Å². The van der Waals surface area contributed by atoms with Crippen molar-refractivity contribution in [1.82, 2.24) is 4.37 Å². The highest BCUT2D eigenvalue weighted by atomic mass is 79.9. The lowest BCUT2D eigenvalue weighted by Gasteiger charge is -1.98. The number of hydrogen-bond donors (Lipinski definition) is 0. The molecule has 1 heterocycles. The summed E-state index contributed by atoms with van der Waals surface area (Å²) >= 11 is 7.77. The van der Waals surface area contributed by atoms with Gasteiger partial charge in [0.2, 0.25) is 0 Å². The highest BCUT2D eigenvalue weighted by molar-refractivity contribution is 9.25. The van der Waals surface area contributed by atoms with E-state index in [2.05, 4.69) is 36.7 Å². The van der Waals surface area contributed by atoms with Crippen LogP contribution in [-0.4, -0.2) is 4.37 Å². The van der Waals surface area contributed by atoms with Crippen molar-refractivity contribution < 1.29 is 0 Å². The van der Waals surface area contributed by atoms with Crippen molar-refractivity contribution in [2.24, 2.45) is 0 Å². The molecule has 1 aromatic rings. The van der Waals surface area contributed by atoms with Gasteiger partial charge in [-0.3, -0.25) is 0 Å². The van der Waals surface area contributed by atoms with Gasteiger partial charge in [-0.15, -0.1) is 0 Å². The fraction of sp³-hybridized carbons (Fsp3) is 0. The maximum absolute atomic E-state index is 3.88. The first-order valence-electron chi connectivity index (χ1n) is 1.82. The Morgan fingerprint density at radius 2 is 2.38 bits per heavy atom. The average Bonchev–Trinajstić information content (AvgIpc) is 2.12. The summed E-state index contributed by atoms with van der Waals surface area (Å²) in [7, 11) is 0. The molecule has 44 valence electrons. The van der Waals surface area contributed by atoms with E-state index < -0.39 is 0 Å². The minimum atomic E-state index is 1.01. The van der Waals surface area contributed by atoms with Crippen LogP contribution in [0.4, 0.5) is 5.69 Å². The van der Waals surface area contributed by atoms with Gasteiger partial charge in [0.25, 0.3) is 0 Å². The number of anilines is 1. The van der Waals surface area contributed by atoms with E-state index in [9.17, 15) is 0 Å². The molecule has 0 radical (unpaired) electrons. The summed E-state index contributed by atoms with van der Waals surface area (Å²) in [6, 6.07) is 0. The van der Waals surface area contributed by atoms with Crippen LogP contribution >= 0.6 is 43.8 Å². The van der Waals surface area contributed by atoms with Crippen LogP contribution in [0.3, 0.4) is 0 Å². The molecule has 1 aromatic heterocycles. The quantitative estimate of drug-likeness (QED) is 0.719. The number of halogens is 2. The molecule has 2 nitrogen and oxygen atoms in total. The molecular formula is C3H2Br2N2S. The molecule has 5 heteroatoms. The Hall–Kier alpha value is 0.390. The third-order valence-corrected chi connectivity index (χ3v) is 2.01. The van der Waals surface area contributed by atoms with Crippen molar-refractivity contribution in [3.63, 3.8) is 0 Å². The van der Waals surface area contributed by atoms with Gasteiger partial charge in [-0.25, -0.2) is 2.95 Å². The molecule has 0 aromatic carbocycles. The topological polar surface area (TPSA) is 16.1 Å². The molecule has 0 fully saturated rings. The third kappa shape index (κ3) is 1.43. The SMILES string of the molecule is BrN(Br)c1cnsc1.